The van der Waals surface area contributed by atoms with Crippen molar-refractivity contribution in [2.75, 3.05) is 14.1 Å². The van der Waals surface area contributed by atoms with Crippen LogP contribution in [0.3, 0.4) is 0 Å². The van der Waals surface area contributed by atoms with Gasteiger partial charge in [0, 0.05) is 24.8 Å². The van der Waals surface area contributed by atoms with Gasteiger partial charge in [-0.05, 0) is 91.0 Å². The Hall–Kier alpha value is 0.800. The highest BCUT2D eigenvalue weighted by Crippen LogP contribution is 2.34. The molecular weight excluding hydrogens is 646 g/mol. The summed E-state index contributed by atoms with van der Waals surface area (Å²) in [5.74, 6) is -0.325. The standard InChI is InChI=1S/C11H6Cl2I3NO3/c1-17(2)11(20)5-7(15)3(9(12)18)6(14)4(8(5)16)10(13)19/h1-2H3. The molecule has 0 N–H and O–H groups in total. The molecule has 20 heavy (non-hydrogen) atoms. The van der Waals surface area contributed by atoms with Gasteiger partial charge < -0.3 is 4.90 Å². The predicted octanol–water partition coefficient (Wildman–Crippen LogP) is 3.96. The second kappa shape index (κ2) is 7.38. The van der Waals surface area contributed by atoms with Crippen LogP contribution in [0.2, 0.25) is 0 Å². The third-order valence-electron chi connectivity index (χ3n) is 2.33. The van der Waals surface area contributed by atoms with Crippen molar-refractivity contribution in [3.8, 4) is 0 Å². The summed E-state index contributed by atoms with van der Waals surface area (Å²) in [7, 11) is 3.16. The van der Waals surface area contributed by atoms with Crippen LogP contribution in [0, 0.1) is 10.7 Å². The van der Waals surface area contributed by atoms with E-state index >= 15 is 0 Å². The van der Waals surface area contributed by atoms with Crippen molar-refractivity contribution in [1.82, 2.24) is 4.90 Å². The number of amides is 1. The Morgan fingerprint density at radius 1 is 0.800 bits per heavy atom. The second-order valence-corrected chi connectivity index (χ2v) is 7.74. The molecule has 1 aromatic carbocycles. The van der Waals surface area contributed by atoms with Gasteiger partial charge in [0.25, 0.3) is 16.4 Å². The van der Waals surface area contributed by atoms with Crippen LogP contribution in [-0.4, -0.2) is 35.4 Å². The molecule has 9 heteroatoms. The van der Waals surface area contributed by atoms with Gasteiger partial charge in [-0.1, -0.05) is 0 Å². The maximum Gasteiger partial charge on any atom is 0.255 e. The van der Waals surface area contributed by atoms with Gasteiger partial charge in [-0.25, -0.2) is 0 Å². The Labute approximate surface area is 166 Å². The zero-order chi connectivity index (χ0) is 15.8. The normalized spacial score (nSPS) is 10.3. The zero-order valence-electron chi connectivity index (χ0n) is 10.1. The van der Waals surface area contributed by atoms with E-state index < -0.39 is 10.5 Å². The van der Waals surface area contributed by atoms with E-state index in [0.29, 0.717) is 10.7 Å². The second-order valence-electron chi connectivity index (χ2n) is 3.81. The number of hydrogen-bond acceptors (Lipinski definition) is 3. The number of rotatable bonds is 3. The summed E-state index contributed by atoms with van der Waals surface area (Å²) in [6, 6.07) is 0. The minimum Gasteiger partial charge on any atom is -0.345 e. The quantitative estimate of drug-likeness (QED) is 0.368. The molecule has 0 unspecified atom stereocenters. The molecule has 1 amide bonds. The Balaban J connectivity index is 3.90. The molecule has 0 bridgehead atoms. The molecule has 0 aliphatic heterocycles. The third-order valence-corrected chi connectivity index (χ3v) is 5.94. The van der Waals surface area contributed by atoms with Gasteiger partial charge >= 0.3 is 0 Å². The van der Waals surface area contributed by atoms with E-state index in [4.69, 9.17) is 23.2 Å². The summed E-state index contributed by atoms with van der Waals surface area (Å²) in [5, 5.41) is -1.47. The molecular formula is C11H6Cl2I3NO3. The fourth-order valence-electron chi connectivity index (χ4n) is 1.42. The number of benzene rings is 1. The maximum absolute atomic E-state index is 12.3. The number of hydrogen-bond donors (Lipinski definition) is 0. The Morgan fingerprint density at radius 2 is 1.10 bits per heavy atom. The predicted molar refractivity (Wildman–Crippen MR) is 103 cm³/mol. The van der Waals surface area contributed by atoms with E-state index in [-0.39, 0.29) is 22.6 Å². The minimum absolute atomic E-state index is 0.127. The largest absolute Gasteiger partial charge is 0.345 e. The lowest BCUT2D eigenvalue weighted by molar-refractivity contribution is 0.0825. The van der Waals surface area contributed by atoms with Crippen LogP contribution in [0.5, 0.6) is 0 Å². The SMILES string of the molecule is CN(C)C(=O)c1c(I)c(C(=O)Cl)c(I)c(C(=O)Cl)c1I. The van der Waals surface area contributed by atoms with Crippen molar-refractivity contribution in [2.45, 2.75) is 0 Å². The summed E-state index contributed by atoms with van der Waals surface area (Å²) in [6.07, 6.45) is 0. The van der Waals surface area contributed by atoms with E-state index in [0.717, 1.165) is 0 Å². The summed E-state index contributed by atoms with van der Waals surface area (Å²) in [6.45, 7) is 0. The first-order chi connectivity index (χ1) is 9.11. The molecule has 0 saturated heterocycles. The van der Waals surface area contributed by atoms with Gasteiger partial charge in [-0.15, -0.1) is 0 Å². The Bertz CT molecular complexity index is 591. The Morgan fingerprint density at radius 3 is 1.35 bits per heavy atom. The molecule has 1 aromatic rings. The van der Waals surface area contributed by atoms with Crippen molar-refractivity contribution in [3.05, 3.63) is 27.4 Å². The zero-order valence-corrected chi connectivity index (χ0v) is 18.0. The van der Waals surface area contributed by atoms with Crippen molar-refractivity contribution < 1.29 is 14.4 Å². The number of nitrogens with zero attached hydrogens (tertiary/aromatic N) is 1. The molecule has 0 atom stereocenters. The smallest absolute Gasteiger partial charge is 0.255 e. The number of carbonyl (C=O) groups excluding carboxylic acids is 3. The lowest BCUT2D eigenvalue weighted by Crippen LogP contribution is -2.26. The van der Waals surface area contributed by atoms with E-state index in [1.54, 1.807) is 14.1 Å². The molecule has 0 saturated carbocycles. The molecule has 0 aromatic heterocycles. The van der Waals surface area contributed by atoms with Crippen LogP contribution < -0.4 is 0 Å². The van der Waals surface area contributed by atoms with E-state index in [9.17, 15) is 14.4 Å². The number of carbonyl (C=O) groups is 3. The van der Waals surface area contributed by atoms with Crippen molar-refractivity contribution in [3.63, 3.8) is 0 Å². The third kappa shape index (κ3) is 3.58. The van der Waals surface area contributed by atoms with Crippen molar-refractivity contribution in [2.24, 2.45) is 0 Å². The Kier molecular flexibility index (Phi) is 6.95. The maximum atomic E-state index is 12.3. The molecule has 4 nitrogen and oxygen atoms in total. The number of halogens is 5. The monoisotopic (exact) mass is 651 g/mol. The lowest BCUT2D eigenvalue weighted by Gasteiger charge is -2.18. The van der Waals surface area contributed by atoms with Gasteiger partial charge in [0.05, 0.1) is 16.7 Å². The van der Waals surface area contributed by atoms with Crippen LogP contribution in [-0.2, 0) is 0 Å². The molecule has 0 aliphatic carbocycles. The summed E-state index contributed by atoms with van der Waals surface area (Å²) >= 11 is 16.7. The van der Waals surface area contributed by atoms with E-state index in [1.807, 2.05) is 67.8 Å². The molecule has 0 heterocycles. The lowest BCUT2D eigenvalue weighted by atomic mass is 10.1. The molecule has 0 spiro atoms. The first-order valence-corrected chi connectivity index (χ1v) is 8.92. The summed E-state index contributed by atoms with van der Waals surface area (Å²) in [5.41, 5.74) is 0.509. The van der Waals surface area contributed by atoms with Gasteiger partial charge in [-0.2, -0.15) is 0 Å². The fourth-order valence-corrected chi connectivity index (χ4v) is 7.04. The average Bonchev–Trinajstić information content (AvgIpc) is 2.26. The van der Waals surface area contributed by atoms with Crippen LogP contribution in [0.4, 0.5) is 0 Å². The fraction of sp³-hybridized carbons (Fsp3) is 0.182. The molecule has 0 radical (unpaired) electrons. The van der Waals surface area contributed by atoms with Crippen LogP contribution in [0.15, 0.2) is 0 Å². The van der Waals surface area contributed by atoms with Crippen LogP contribution >= 0.6 is 91.0 Å². The average molecular weight is 652 g/mol. The van der Waals surface area contributed by atoms with E-state index in [1.165, 1.54) is 4.90 Å². The van der Waals surface area contributed by atoms with Crippen LogP contribution in [0.1, 0.15) is 31.1 Å². The molecule has 1 rings (SSSR count). The summed E-state index contributed by atoms with van der Waals surface area (Å²) < 4.78 is 1.18. The van der Waals surface area contributed by atoms with Crippen molar-refractivity contribution in [1.29, 1.82) is 0 Å². The first-order valence-electron chi connectivity index (χ1n) is 4.93. The summed E-state index contributed by atoms with van der Waals surface area (Å²) in [4.78, 5) is 36.8. The van der Waals surface area contributed by atoms with Gasteiger partial charge in [0.15, 0.2) is 0 Å². The molecule has 108 valence electrons. The van der Waals surface area contributed by atoms with Gasteiger partial charge in [-0.3, -0.25) is 14.4 Å². The van der Waals surface area contributed by atoms with Gasteiger partial charge in [0.1, 0.15) is 0 Å². The highest BCUT2D eigenvalue weighted by Gasteiger charge is 2.29. The molecule has 0 aliphatic rings. The van der Waals surface area contributed by atoms with Gasteiger partial charge in [0.2, 0.25) is 0 Å². The minimum atomic E-state index is -0.734. The highest BCUT2D eigenvalue weighted by molar-refractivity contribution is 14.1. The van der Waals surface area contributed by atoms with Crippen molar-refractivity contribution >= 4 is 107 Å². The molecule has 0 fully saturated rings. The van der Waals surface area contributed by atoms with E-state index in [2.05, 4.69) is 0 Å². The topological polar surface area (TPSA) is 54.5 Å². The highest BCUT2D eigenvalue weighted by atomic mass is 127. The first kappa shape index (κ1) is 18.8. The van der Waals surface area contributed by atoms with Crippen LogP contribution in [0.25, 0.3) is 0 Å².